The van der Waals surface area contributed by atoms with Crippen molar-refractivity contribution in [2.24, 2.45) is 0 Å². The van der Waals surface area contributed by atoms with Crippen molar-refractivity contribution < 1.29 is 18.0 Å². The van der Waals surface area contributed by atoms with E-state index in [9.17, 15) is 18.0 Å². The minimum atomic E-state index is -4.50. The topological polar surface area (TPSA) is 59.0 Å². The summed E-state index contributed by atoms with van der Waals surface area (Å²) in [7, 11) is 1.71. The van der Waals surface area contributed by atoms with Crippen molar-refractivity contribution in [1.82, 2.24) is 15.1 Å². The molecular weight excluding hydrogens is 380 g/mol. The summed E-state index contributed by atoms with van der Waals surface area (Å²) in [4.78, 5) is 11.9. The second kappa shape index (κ2) is 8.55. The monoisotopic (exact) mass is 396 g/mol. The Kier molecular flexibility index (Phi) is 7.28. The lowest BCUT2D eigenvalue weighted by atomic mass is 10.2. The zero-order valence-electron chi connectivity index (χ0n) is 13.4. The summed E-state index contributed by atoms with van der Waals surface area (Å²) in [5.41, 5.74) is -0.265. The van der Waals surface area contributed by atoms with Gasteiger partial charge in [0.1, 0.15) is 5.82 Å². The van der Waals surface area contributed by atoms with Crippen molar-refractivity contribution >= 4 is 35.7 Å². The highest BCUT2D eigenvalue weighted by atomic mass is 35.5. The fourth-order valence-electron chi connectivity index (χ4n) is 2.07. The van der Waals surface area contributed by atoms with Crippen LogP contribution in [0, 0.1) is 6.92 Å². The first-order chi connectivity index (χ1) is 11.2. The molecule has 1 aromatic heterocycles. The first-order valence-electron chi connectivity index (χ1n) is 7.10. The predicted octanol–water partition coefficient (Wildman–Crippen LogP) is 3.82. The van der Waals surface area contributed by atoms with Crippen LogP contribution in [0.2, 0.25) is 5.02 Å². The summed E-state index contributed by atoms with van der Waals surface area (Å²) in [6.45, 7) is 2.14. The van der Waals surface area contributed by atoms with Gasteiger partial charge in [0, 0.05) is 19.0 Å². The molecule has 1 amide bonds. The van der Waals surface area contributed by atoms with Gasteiger partial charge in [-0.25, -0.2) is 4.68 Å². The minimum Gasteiger partial charge on any atom is -0.319 e. The predicted molar refractivity (Wildman–Crippen MR) is 92.7 cm³/mol. The lowest BCUT2D eigenvalue weighted by molar-refractivity contribution is -0.137. The van der Waals surface area contributed by atoms with E-state index in [-0.39, 0.29) is 41.3 Å². The molecule has 0 fully saturated rings. The van der Waals surface area contributed by atoms with Crippen molar-refractivity contribution in [3.8, 4) is 5.69 Å². The first kappa shape index (κ1) is 21.3. The minimum absolute atomic E-state index is 0. The molecule has 0 aliphatic rings. The van der Waals surface area contributed by atoms with Gasteiger partial charge in [-0.05, 0) is 32.2 Å². The summed E-state index contributed by atoms with van der Waals surface area (Å²) in [5.74, 6) is -0.0246. The van der Waals surface area contributed by atoms with E-state index in [2.05, 4.69) is 15.7 Å². The van der Waals surface area contributed by atoms with E-state index in [1.54, 1.807) is 20.0 Å². The first-order valence-corrected chi connectivity index (χ1v) is 7.48. The van der Waals surface area contributed by atoms with E-state index in [1.807, 2.05) is 0 Å². The largest absolute Gasteiger partial charge is 0.416 e. The van der Waals surface area contributed by atoms with Crippen LogP contribution in [0.4, 0.5) is 19.0 Å². The van der Waals surface area contributed by atoms with Gasteiger partial charge in [0.2, 0.25) is 5.91 Å². The summed E-state index contributed by atoms with van der Waals surface area (Å²) in [5, 5.41) is 9.70. The fourth-order valence-corrected chi connectivity index (χ4v) is 2.26. The number of anilines is 1. The molecule has 2 aromatic rings. The molecule has 2 rings (SSSR count). The van der Waals surface area contributed by atoms with E-state index >= 15 is 0 Å². The SMILES string of the molecule is CNCCC(=O)Nc1cc(C)nn1-c1cc(C(F)(F)F)ccc1Cl.Cl. The number of nitrogens with zero attached hydrogens (tertiary/aromatic N) is 2. The number of halogens is 5. The van der Waals surface area contributed by atoms with Gasteiger partial charge in [-0.2, -0.15) is 18.3 Å². The van der Waals surface area contributed by atoms with Crippen LogP contribution in [-0.4, -0.2) is 29.3 Å². The Balaban J connectivity index is 0.00000312. The van der Waals surface area contributed by atoms with Crippen LogP contribution in [0.15, 0.2) is 24.3 Å². The highest BCUT2D eigenvalue weighted by Gasteiger charge is 2.31. The molecule has 0 aliphatic carbocycles. The van der Waals surface area contributed by atoms with Gasteiger partial charge in [0.15, 0.2) is 0 Å². The third-order valence-corrected chi connectivity index (χ3v) is 3.52. The Bertz CT molecular complexity index is 747. The number of benzene rings is 1. The molecule has 0 saturated heterocycles. The number of hydrogen-bond acceptors (Lipinski definition) is 3. The average Bonchev–Trinajstić information content (AvgIpc) is 2.84. The van der Waals surface area contributed by atoms with Crippen molar-refractivity contribution in [2.75, 3.05) is 18.9 Å². The Morgan fingerprint density at radius 3 is 2.60 bits per heavy atom. The number of carbonyl (C=O) groups excluding carboxylic acids is 1. The Labute approximate surface area is 153 Å². The number of carbonyl (C=O) groups is 1. The van der Waals surface area contributed by atoms with Crippen LogP contribution in [-0.2, 0) is 11.0 Å². The van der Waals surface area contributed by atoms with E-state index in [0.29, 0.717) is 12.2 Å². The molecule has 0 aliphatic heterocycles. The molecule has 25 heavy (non-hydrogen) atoms. The van der Waals surface area contributed by atoms with Crippen molar-refractivity contribution in [3.63, 3.8) is 0 Å². The van der Waals surface area contributed by atoms with E-state index in [1.165, 1.54) is 4.68 Å². The Morgan fingerprint density at radius 2 is 2.00 bits per heavy atom. The molecule has 1 heterocycles. The van der Waals surface area contributed by atoms with Gasteiger partial charge in [0.25, 0.3) is 0 Å². The number of amides is 1. The van der Waals surface area contributed by atoms with Crippen LogP contribution in [0.1, 0.15) is 17.7 Å². The third-order valence-electron chi connectivity index (χ3n) is 3.20. The average molecular weight is 397 g/mol. The quantitative estimate of drug-likeness (QED) is 0.807. The van der Waals surface area contributed by atoms with E-state index in [4.69, 9.17) is 11.6 Å². The summed E-state index contributed by atoms with van der Waals surface area (Å²) >= 11 is 6.03. The molecule has 1 aromatic carbocycles. The molecule has 0 bridgehead atoms. The number of aromatic nitrogens is 2. The molecular formula is C15H17Cl2F3N4O. The molecule has 0 radical (unpaired) electrons. The molecule has 10 heteroatoms. The second-order valence-electron chi connectivity index (χ2n) is 5.15. The highest BCUT2D eigenvalue weighted by Crippen LogP contribution is 2.34. The van der Waals surface area contributed by atoms with Crippen molar-refractivity contribution in [2.45, 2.75) is 19.5 Å². The van der Waals surface area contributed by atoms with Crippen LogP contribution in [0.25, 0.3) is 5.69 Å². The third kappa shape index (κ3) is 5.35. The summed E-state index contributed by atoms with van der Waals surface area (Å²) in [6.07, 6.45) is -4.28. The fraction of sp³-hybridized carbons (Fsp3) is 0.333. The lowest BCUT2D eigenvalue weighted by Gasteiger charge is -2.13. The lowest BCUT2D eigenvalue weighted by Crippen LogP contribution is -2.20. The Hall–Kier alpha value is -1.77. The van der Waals surface area contributed by atoms with Crippen LogP contribution < -0.4 is 10.6 Å². The number of nitrogens with one attached hydrogen (secondary N) is 2. The maximum absolute atomic E-state index is 12.9. The smallest absolute Gasteiger partial charge is 0.319 e. The molecule has 138 valence electrons. The number of aryl methyl sites for hydroxylation is 1. The second-order valence-corrected chi connectivity index (χ2v) is 5.56. The van der Waals surface area contributed by atoms with Gasteiger partial charge in [-0.15, -0.1) is 12.4 Å². The Morgan fingerprint density at radius 1 is 1.32 bits per heavy atom. The van der Waals surface area contributed by atoms with E-state index in [0.717, 1.165) is 18.2 Å². The molecule has 0 saturated carbocycles. The summed E-state index contributed by atoms with van der Waals surface area (Å²) in [6, 6.07) is 4.52. The molecule has 0 spiro atoms. The normalized spacial score (nSPS) is 11.1. The zero-order chi connectivity index (χ0) is 17.9. The number of alkyl halides is 3. The van der Waals surface area contributed by atoms with Crippen LogP contribution in [0.3, 0.4) is 0 Å². The molecule has 0 unspecified atom stereocenters. The molecule has 0 atom stereocenters. The van der Waals surface area contributed by atoms with Crippen LogP contribution in [0.5, 0.6) is 0 Å². The standard InChI is InChI=1S/C15H16ClF3N4O.ClH/c1-9-7-13(21-14(24)5-6-20-2)23(22-9)12-8-10(15(17,18)19)3-4-11(12)16;/h3-4,7-8,20H,5-6H2,1-2H3,(H,21,24);1H. The zero-order valence-corrected chi connectivity index (χ0v) is 15.0. The maximum atomic E-state index is 12.9. The van der Waals surface area contributed by atoms with Gasteiger partial charge >= 0.3 is 6.18 Å². The van der Waals surface area contributed by atoms with Gasteiger partial charge < -0.3 is 10.6 Å². The number of rotatable bonds is 5. The van der Waals surface area contributed by atoms with Crippen molar-refractivity contribution in [3.05, 3.63) is 40.5 Å². The van der Waals surface area contributed by atoms with Crippen molar-refractivity contribution in [1.29, 1.82) is 0 Å². The number of hydrogen-bond donors (Lipinski definition) is 2. The summed E-state index contributed by atoms with van der Waals surface area (Å²) < 4.78 is 40.0. The molecule has 5 nitrogen and oxygen atoms in total. The van der Waals surface area contributed by atoms with Gasteiger partial charge in [0.05, 0.1) is 22.0 Å². The highest BCUT2D eigenvalue weighted by molar-refractivity contribution is 6.32. The molecule has 2 N–H and O–H groups in total. The van der Waals surface area contributed by atoms with E-state index < -0.39 is 11.7 Å². The van der Waals surface area contributed by atoms with Gasteiger partial charge in [-0.1, -0.05) is 11.6 Å². The maximum Gasteiger partial charge on any atom is 0.416 e. The van der Waals surface area contributed by atoms with Gasteiger partial charge in [-0.3, -0.25) is 4.79 Å². The van der Waals surface area contributed by atoms with Crippen LogP contribution >= 0.6 is 24.0 Å².